The molecule has 0 bridgehead atoms. The summed E-state index contributed by atoms with van der Waals surface area (Å²) < 4.78 is 0. The summed E-state index contributed by atoms with van der Waals surface area (Å²) in [4.78, 5) is 16.9. The van der Waals surface area contributed by atoms with Gasteiger partial charge in [-0.25, -0.2) is 9.97 Å². The summed E-state index contributed by atoms with van der Waals surface area (Å²) in [5.74, 6) is 2.12. The van der Waals surface area contributed by atoms with Crippen molar-refractivity contribution in [3.8, 4) is 0 Å². The molecule has 108 valence electrons. The molecule has 0 atom stereocenters. The zero-order valence-electron chi connectivity index (χ0n) is 12.7. The normalized spacial score (nSPS) is 17.1. The van der Waals surface area contributed by atoms with Crippen LogP contribution in [0.1, 0.15) is 23.2 Å². The lowest BCUT2D eigenvalue weighted by molar-refractivity contribution is 0.312. The lowest BCUT2D eigenvalue weighted by Crippen LogP contribution is -2.45. The highest BCUT2D eigenvalue weighted by Gasteiger charge is 2.21. The molecule has 2 aromatic heterocycles. The fraction of sp³-hybridized carbons (Fsp3) is 0.600. The van der Waals surface area contributed by atoms with Crippen molar-refractivity contribution < 1.29 is 0 Å². The van der Waals surface area contributed by atoms with Gasteiger partial charge in [0.1, 0.15) is 16.5 Å². The molecule has 1 saturated heterocycles. The smallest absolute Gasteiger partial charge is 0.141 e. The number of hydrogen-bond acceptors (Lipinski definition) is 5. The first-order valence-electron chi connectivity index (χ1n) is 7.30. The second-order valence-electron chi connectivity index (χ2n) is 5.57. The van der Waals surface area contributed by atoms with Gasteiger partial charge in [0.15, 0.2) is 0 Å². The molecular weight excluding hydrogens is 268 g/mol. The van der Waals surface area contributed by atoms with Crippen molar-refractivity contribution in [3.05, 3.63) is 16.3 Å². The SMILES string of the molecule is CCc1nc(N2CCN(C)CC2)c2c(C)c(C)sc2n1. The molecule has 0 aliphatic carbocycles. The molecule has 0 aromatic carbocycles. The lowest BCUT2D eigenvalue weighted by Gasteiger charge is -2.33. The Morgan fingerprint density at radius 3 is 2.45 bits per heavy atom. The number of rotatable bonds is 2. The number of hydrogen-bond donors (Lipinski definition) is 0. The van der Waals surface area contributed by atoms with Crippen LogP contribution in [0.3, 0.4) is 0 Å². The van der Waals surface area contributed by atoms with Gasteiger partial charge in [0.2, 0.25) is 0 Å². The van der Waals surface area contributed by atoms with Gasteiger partial charge in [0.25, 0.3) is 0 Å². The van der Waals surface area contributed by atoms with Gasteiger partial charge < -0.3 is 9.80 Å². The van der Waals surface area contributed by atoms with Crippen LogP contribution in [0, 0.1) is 13.8 Å². The quantitative estimate of drug-likeness (QED) is 0.851. The van der Waals surface area contributed by atoms with Gasteiger partial charge in [-0.2, -0.15) is 0 Å². The minimum absolute atomic E-state index is 0.896. The van der Waals surface area contributed by atoms with Gasteiger partial charge in [0, 0.05) is 37.5 Å². The van der Waals surface area contributed by atoms with Crippen LogP contribution in [0.15, 0.2) is 0 Å². The predicted octanol–water partition coefficient (Wildman–Crippen LogP) is 2.62. The number of aromatic nitrogens is 2. The van der Waals surface area contributed by atoms with Crippen molar-refractivity contribution >= 4 is 27.4 Å². The molecule has 0 saturated carbocycles. The second kappa shape index (κ2) is 5.30. The zero-order chi connectivity index (χ0) is 14.3. The van der Waals surface area contributed by atoms with Gasteiger partial charge in [-0.3, -0.25) is 0 Å². The zero-order valence-corrected chi connectivity index (χ0v) is 13.5. The third-order valence-electron chi connectivity index (χ3n) is 4.17. The number of likely N-dealkylation sites (N-methyl/N-ethyl adjacent to an activating group) is 1. The molecule has 1 fully saturated rings. The maximum absolute atomic E-state index is 4.85. The van der Waals surface area contributed by atoms with E-state index in [0.717, 1.165) is 49.1 Å². The van der Waals surface area contributed by atoms with E-state index in [4.69, 9.17) is 9.97 Å². The van der Waals surface area contributed by atoms with Crippen molar-refractivity contribution in [1.29, 1.82) is 0 Å². The molecular formula is C15H22N4S. The number of piperazine rings is 1. The first-order chi connectivity index (χ1) is 9.60. The Morgan fingerprint density at radius 2 is 1.80 bits per heavy atom. The molecule has 2 aromatic rings. The predicted molar refractivity (Wildman–Crippen MR) is 86.0 cm³/mol. The van der Waals surface area contributed by atoms with E-state index in [2.05, 4.69) is 37.6 Å². The largest absolute Gasteiger partial charge is 0.353 e. The highest BCUT2D eigenvalue weighted by Crippen LogP contribution is 2.35. The Morgan fingerprint density at radius 1 is 1.10 bits per heavy atom. The third kappa shape index (κ3) is 2.29. The highest BCUT2D eigenvalue weighted by atomic mass is 32.1. The van der Waals surface area contributed by atoms with Crippen LogP contribution in [0.25, 0.3) is 10.2 Å². The minimum Gasteiger partial charge on any atom is -0.353 e. The summed E-state index contributed by atoms with van der Waals surface area (Å²) in [5.41, 5.74) is 1.35. The van der Waals surface area contributed by atoms with E-state index in [-0.39, 0.29) is 0 Å². The highest BCUT2D eigenvalue weighted by molar-refractivity contribution is 7.18. The third-order valence-corrected chi connectivity index (χ3v) is 5.28. The summed E-state index contributed by atoms with van der Waals surface area (Å²) in [7, 11) is 2.18. The van der Waals surface area contributed by atoms with E-state index in [1.807, 2.05) is 0 Å². The van der Waals surface area contributed by atoms with E-state index in [9.17, 15) is 0 Å². The Hall–Kier alpha value is -1.20. The molecule has 20 heavy (non-hydrogen) atoms. The van der Waals surface area contributed by atoms with Crippen LogP contribution < -0.4 is 4.90 Å². The molecule has 0 amide bonds. The summed E-state index contributed by atoms with van der Waals surface area (Å²) >= 11 is 1.80. The van der Waals surface area contributed by atoms with Crippen LogP contribution in [0.2, 0.25) is 0 Å². The Kier molecular flexibility index (Phi) is 3.65. The van der Waals surface area contributed by atoms with Crippen molar-refractivity contribution in [1.82, 2.24) is 14.9 Å². The van der Waals surface area contributed by atoms with Gasteiger partial charge in [-0.1, -0.05) is 6.92 Å². The molecule has 0 unspecified atom stereocenters. The van der Waals surface area contributed by atoms with Crippen LogP contribution in [-0.4, -0.2) is 48.1 Å². The van der Waals surface area contributed by atoms with E-state index < -0.39 is 0 Å². The van der Waals surface area contributed by atoms with Crippen LogP contribution in [0.5, 0.6) is 0 Å². The number of fused-ring (bicyclic) bond motifs is 1. The number of anilines is 1. The fourth-order valence-electron chi connectivity index (χ4n) is 2.68. The second-order valence-corrected chi connectivity index (χ2v) is 6.77. The van der Waals surface area contributed by atoms with Crippen LogP contribution in [-0.2, 0) is 6.42 Å². The Bertz CT molecular complexity index is 626. The number of aryl methyl sites for hydroxylation is 3. The van der Waals surface area contributed by atoms with Gasteiger partial charge in [0.05, 0.1) is 5.39 Å². The lowest BCUT2D eigenvalue weighted by atomic mass is 10.2. The summed E-state index contributed by atoms with van der Waals surface area (Å²) in [6.45, 7) is 10.8. The Balaban J connectivity index is 2.12. The van der Waals surface area contributed by atoms with E-state index in [1.165, 1.54) is 15.8 Å². The fourth-order valence-corrected chi connectivity index (χ4v) is 3.72. The average Bonchev–Trinajstić information content (AvgIpc) is 2.74. The first-order valence-corrected chi connectivity index (χ1v) is 8.12. The molecule has 3 rings (SSSR count). The minimum atomic E-state index is 0.896. The van der Waals surface area contributed by atoms with Crippen molar-refractivity contribution in [2.24, 2.45) is 0 Å². The molecule has 1 aliphatic heterocycles. The van der Waals surface area contributed by atoms with Crippen LogP contribution >= 0.6 is 11.3 Å². The van der Waals surface area contributed by atoms with E-state index in [1.54, 1.807) is 11.3 Å². The summed E-state index contributed by atoms with van der Waals surface area (Å²) in [5, 5.41) is 1.27. The molecule has 0 spiro atoms. The average molecular weight is 290 g/mol. The molecule has 0 N–H and O–H groups in total. The standard InChI is InChI=1S/C15H22N4S/c1-5-12-16-14(19-8-6-18(4)7-9-19)13-10(2)11(3)20-15(13)17-12/h5-9H2,1-4H3. The summed E-state index contributed by atoms with van der Waals surface area (Å²) in [6.07, 6.45) is 0.896. The van der Waals surface area contributed by atoms with E-state index >= 15 is 0 Å². The number of nitrogens with zero attached hydrogens (tertiary/aromatic N) is 4. The monoisotopic (exact) mass is 290 g/mol. The van der Waals surface area contributed by atoms with Crippen molar-refractivity contribution in [3.63, 3.8) is 0 Å². The number of thiophene rings is 1. The first kappa shape index (κ1) is 13.8. The van der Waals surface area contributed by atoms with E-state index in [0.29, 0.717) is 0 Å². The molecule has 0 radical (unpaired) electrons. The molecule has 4 nitrogen and oxygen atoms in total. The topological polar surface area (TPSA) is 32.3 Å². The van der Waals surface area contributed by atoms with Gasteiger partial charge in [-0.15, -0.1) is 11.3 Å². The molecule has 1 aliphatic rings. The van der Waals surface area contributed by atoms with Crippen LogP contribution in [0.4, 0.5) is 5.82 Å². The summed E-state index contributed by atoms with van der Waals surface area (Å²) in [6, 6.07) is 0. The maximum Gasteiger partial charge on any atom is 0.141 e. The molecule has 5 heteroatoms. The van der Waals surface area contributed by atoms with Crippen molar-refractivity contribution in [2.45, 2.75) is 27.2 Å². The Labute approximate surface area is 124 Å². The van der Waals surface area contributed by atoms with Crippen molar-refractivity contribution in [2.75, 3.05) is 38.1 Å². The van der Waals surface area contributed by atoms with Gasteiger partial charge in [-0.05, 0) is 26.5 Å². The molecule has 3 heterocycles. The van der Waals surface area contributed by atoms with Gasteiger partial charge >= 0.3 is 0 Å². The maximum atomic E-state index is 4.85.